The number of carbonyl (C=O) groups is 1. The molecule has 0 spiro atoms. The van der Waals surface area contributed by atoms with Crippen LogP contribution < -0.4 is 5.32 Å². The highest BCUT2D eigenvalue weighted by atomic mass is 16.2. The summed E-state index contributed by atoms with van der Waals surface area (Å²) in [6, 6.07) is 21.9. The van der Waals surface area contributed by atoms with Crippen molar-refractivity contribution in [1.29, 1.82) is 0 Å². The maximum atomic E-state index is 13.7. The van der Waals surface area contributed by atoms with Gasteiger partial charge in [0.1, 0.15) is 0 Å². The van der Waals surface area contributed by atoms with Crippen LogP contribution in [0.25, 0.3) is 11.1 Å². The Kier molecular flexibility index (Phi) is 7.72. The molecule has 3 heteroatoms. The van der Waals surface area contributed by atoms with Crippen molar-refractivity contribution in [2.45, 2.75) is 78.8 Å². The Bertz CT molecular complexity index is 1080. The Morgan fingerprint density at radius 3 is 1.85 bits per heavy atom. The first kappa shape index (κ1) is 24.1. The van der Waals surface area contributed by atoms with Gasteiger partial charge in [-0.3, -0.25) is 0 Å². The molecule has 1 aliphatic rings. The monoisotopic (exact) mass is 454 g/mol. The van der Waals surface area contributed by atoms with Crippen molar-refractivity contribution in [3.63, 3.8) is 0 Å². The predicted molar refractivity (Wildman–Crippen MR) is 143 cm³/mol. The molecule has 0 bridgehead atoms. The van der Waals surface area contributed by atoms with Gasteiger partial charge in [-0.2, -0.15) is 0 Å². The highest BCUT2D eigenvalue weighted by Crippen LogP contribution is 2.28. The van der Waals surface area contributed by atoms with Crippen molar-refractivity contribution in [2.75, 3.05) is 5.32 Å². The van der Waals surface area contributed by atoms with Crippen molar-refractivity contribution in [2.24, 2.45) is 0 Å². The maximum absolute atomic E-state index is 13.7. The van der Waals surface area contributed by atoms with Crippen LogP contribution in [0.4, 0.5) is 10.5 Å². The summed E-state index contributed by atoms with van der Waals surface area (Å²) in [5, 5.41) is 3.27. The average Bonchev–Trinajstić information content (AvgIpc) is 3.10. The van der Waals surface area contributed by atoms with E-state index in [1.165, 1.54) is 53.5 Å². The molecule has 0 saturated heterocycles. The van der Waals surface area contributed by atoms with Gasteiger partial charge < -0.3 is 10.2 Å². The number of carbonyl (C=O) groups excluding carboxylic acids is 1. The number of urea groups is 1. The van der Waals surface area contributed by atoms with Gasteiger partial charge in [0, 0.05) is 18.3 Å². The standard InChI is InChI=1S/C31H38N2O/c1-22-11-15-27(16-12-22)28-17-13-26(14-18-28)21-33(29-9-7-5-6-8-10-29)31(34)32-30-24(3)19-23(2)20-25(30)4/h11-20,29H,5-10,21H2,1-4H3,(H,32,34). The molecule has 34 heavy (non-hydrogen) atoms. The van der Waals surface area contributed by atoms with E-state index in [-0.39, 0.29) is 12.1 Å². The van der Waals surface area contributed by atoms with E-state index in [0.29, 0.717) is 6.54 Å². The molecule has 2 amide bonds. The third-order valence-electron chi connectivity index (χ3n) is 7.13. The lowest BCUT2D eigenvalue weighted by Gasteiger charge is -2.32. The molecule has 3 aromatic carbocycles. The second-order valence-corrected chi connectivity index (χ2v) is 10.0. The third kappa shape index (κ3) is 5.88. The third-order valence-corrected chi connectivity index (χ3v) is 7.13. The number of benzene rings is 3. The Hall–Kier alpha value is -3.07. The summed E-state index contributed by atoms with van der Waals surface area (Å²) in [6.07, 6.45) is 7.11. The Morgan fingerprint density at radius 1 is 0.765 bits per heavy atom. The first-order valence-corrected chi connectivity index (χ1v) is 12.7. The summed E-state index contributed by atoms with van der Waals surface area (Å²) in [6.45, 7) is 9.00. The fourth-order valence-corrected chi connectivity index (χ4v) is 5.24. The average molecular weight is 455 g/mol. The van der Waals surface area contributed by atoms with Gasteiger partial charge in [0.15, 0.2) is 0 Å². The zero-order valence-electron chi connectivity index (χ0n) is 21.2. The zero-order valence-corrected chi connectivity index (χ0v) is 21.2. The van der Waals surface area contributed by atoms with E-state index in [2.05, 4.69) is 98.6 Å². The SMILES string of the molecule is Cc1ccc(-c2ccc(CN(C(=O)Nc3c(C)cc(C)cc3C)C3CCCCCC3)cc2)cc1. The van der Waals surface area contributed by atoms with E-state index in [0.717, 1.165) is 29.7 Å². The summed E-state index contributed by atoms with van der Waals surface area (Å²) in [5.41, 5.74) is 9.28. The van der Waals surface area contributed by atoms with E-state index < -0.39 is 0 Å². The first-order chi connectivity index (χ1) is 16.4. The number of hydrogen-bond donors (Lipinski definition) is 1. The van der Waals surface area contributed by atoms with Gasteiger partial charge in [-0.15, -0.1) is 0 Å². The van der Waals surface area contributed by atoms with E-state index in [1.54, 1.807) is 0 Å². The maximum Gasteiger partial charge on any atom is 0.322 e. The van der Waals surface area contributed by atoms with Crippen LogP contribution in [0, 0.1) is 27.7 Å². The molecule has 3 aromatic rings. The van der Waals surface area contributed by atoms with Crippen molar-refractivity contribution in [3.05, 3.63) is 88.5 Å². The van der Waals surface area contributed by atoms with Crippen LogP contribution in [-0.2, 0) is 6.54 Å². The van der Waals surface area contributed by atoms with Crippen LogP contribution in [0.1, 0.15) is 66.3 Å². The zero-order chi connectivity index (χ0) is 24.1. The van der Waals surface area contributed by atoms with E-state index in [1.807, 2.05) is 0 Å². The van der Waals surface area contributed by atoms with Crippen LogP contribution in [0.5, 0.6) is 0 Å². The number of aryl methyl sites for hydroxylation is 4. The van der Waals surface area contributed by atoms with Gasteiger partial charge in [-0.05, 0) is 68.4 Å². The molecule has 4 rings (SSSR count). The number of nitrogens with zero attached hydrogens (tertiary/aromatic N) is 1. The molecule has 0 heterocycles. The Balaban J connectivity index is 1.56. The smallest absolute Gasteiger partial charge is 0.317 e. The van der Waals surface area contributed by atoms with Crippen molar-refractivity contribution in [3.8, 4) is 11.1 Å². The fraction of sp³-hybridized carbons (Fsp3) is 0.387. The van der Waals surface area contributed by atoms with E-state index >= 15 is 0 Å². The summed E-state index contributed by atoms with van der Waals surface area (Å²) in [7, 11) is 0. The lowest BCUT2D eigenvalue weighted by molar-refractivity contribution is 0.175. The second kappa shape index (κ2) is 10.9. The molecule has 0 radical (unpaired) electrons. The van der Waals surface area contributed by atoms with Crippen LogP contribution in [0.2, 0.25) is 0 Å². The van der Waals surface area contributed by atoms with Gasteiger partial charge in [-0.1, -0.05) is 97.5 Å². The molecule has 178 valence electrons. The van der Waals surface area contributed by atoms with Crippen molar-refractivity contribution >= 4 is 11.7 Å². The Morgan fingerprint density at radius 2 is 1.29 bits per heavy atom. The van der Waals surface area contributed by atoms with Gasteiger partial charge >= 0.3 is 6.03 Å². The quantitative estimate of drug-likeness (QED) is 0.386. The van der Waals surface area contributed by atoms with Gasteiger partial charge in [0.25, 0.3) is 0 Å². The van der Waals surface area contributed by atoms with Crippen molar-refractivity contribution in [1.82, 2.24) is 4.90 Å². The molecule has 1 aliphatic carbocycles. The highest BCUT2D eigenvalue weighted by molar-refractivity contribution is 5.91. The van der Waals surface area contributed by atoms with Crippen molar-refractivity contribution < 1.29 is 4.79 Å². The summed E-state index contributed by atoms with van der Waals surface area (Å²) in [5.74, 6) is 0. The largest absolute Gasteiger partial charge is 0.322 e. The molecule has 1 fully saturated rings. The Labute approximate surface area is 205 Å². The molecular weight excluding hydrogens is 416 g/mol. The normalized spacial score (nSPS) is 14.5. The number of anilines is 1. The number of nitrogens with one attached hydrogen (secondary N) is 1. The first-order valence-electron chi connectivity index (χ1n) is 12.7. The fourth-order valence-electron chi connectivity index (χ4n) is 5.24. The molecule has 0 aliphatic heterocycles. The minimum absolute atomic E-state index is 0.0181. The summed E-state index contributed by atoms with van der Waals surface area (Å²) in [4.78, 5) is 15.7. The molecular formula is C31H38N2O. The lowest BCUT2D eigenvalue weighted by atomic mass is 10.0. The molecule has 1 N–H and O–H groups in total. The number of hydrogen-bond acceptors (Lipinski definition) is 1. The second-order valence-electron chi connectivity index (χ2n) is 10.0. The molecule has 3 nitrogen and oxygen atoms in total. The van der Waals surface area contributed by atoms with Crippen LogP contribution >= 0.6 is 0 Å². The summed E-state index contributed by atoms with van der Waals surface area (Å²) >= 11 is 0. The van der Waals surface area contributed by atoms with Crippen LogP contribution in [-0.4, -0.2) is 17.0 Å². The minimum atomic E-state index is 0.0181. The van der Waals surface area contributed by atoms with E-state index in [9.17, 15) is 4.79 Å². The number of rotatable bonds is 5. The van der Waals surface area contributed by atoms with Gasteiger partial charge in [-0.25, -0.2) is 4.79 Å². The number of amides is 2. The van der Waals surface area contributed by atoms with E-state index in [4.69, 9.17) is 0 Å². The molecule has 0 unspecified atom stereocenters. The lowest BCUT2D eigenvalue weighted by Crippen LogP contribution is -2.42. The topological polar surface area (TPSA) is 32.3 Å². The molecule has 1 saturated carbocycles. The predicted octanol–water partition coefficient (Wildman–Crippen LogP) is 8.34. The molecule has 0 atom stereocenters. The van der Waals surface area contributed by atoms with Crippen LogP contribution in [0.3, 0.4) is 0 Å². The van der Waals surface area contributed by atoms with Crippen LogP contribution in [0.15, 0.2) is 60.7 Å². The van der Waals surface area contributed by atoms with Gasteiger partial charge in [0.2, 0.25) is 0 Å². The van der Waals surface area contributed by atoms with Gasteiger partial charge in [0.05, 0.1) is 0 Å². The highest BCUT2D eigenvalue weighted by Gasteiger charge is 2.25. The molecule has 0 aromatic heterocycles. The summed E-state index contributed by atoms with van der Waals surface area (Å²) < 4.78 is 0. The minimum Gasteiger partial charge on any atom is -0.317 e.